The fraction of sp³-hybridized carbons (Fsp3) is 0.667. The van der Waals surface area contributed by atoms with E-state index in [1.54, 1.807) is 0 Å². The van der Waals surface area contributed by atoms with Crippen LogP contribution < -0.4 is 0 Å². The molecule has 0 aromatic heterocycles. The molecule has 0 fully saturated rings. The summed E-state index contributed by atoms with van der Waals surface area (Å²) in [5.41, 5.74) is 0. The van der Waals surface area contributed by atoms with Crippen molar-refractivity contribution < 1.29 is 0 Å². The van der Waals surface area contributed by atoms with Crippen LogP contribution in [0.3, 0.4) is 0 Å². The highest BCUT2D eigenvalue weighted by atomic mass is 35.5. The number of halogens is 1. The first kappa shape index (κ1) is 7.65. The van der Waals surface area contributed by atoms with Gasteiger partial charge in [0.2, 0.25) is 0 Å². The van der Waals surface area contributed by atoms with Gasteiger partial charge in [0.05, 0.1) is 0 Å². The SMILES string of the molecule is CCN(C#CCl)CC. The molecule has 0 aromatic carbocycles. The Morgan fingerprint density at radius 3 is 2.00 bits per heavy atom. The Morgan fingerprint density at radius 2 is 1.88 bits per heavy atom. The molecule has 0 unspecified atom stereocenters. The summed E-state index contributed by atoms with van der Waals surface area (Å²) in [6.07, 6.45) is 0. The third kappa shape index (κ3) is 2.76. The highest BCUT2D eigenvalue weighted by Gasteiger charge is 1.85. The third-order valence-corrected chi connectivity index (χ3v) is 1.05. The molecule has 0 aliphatic carbocycles. The number of rotatable bonds is 2. The van der Waals surface area contributed by atoms with Gasteiger partial charge in [0.15, 0.2) is 0 Å². The Labute approximate surface area is 55.6 Å². The fourth-order valence-corrected chi connectivity index (χ4v) is 0.561. The molecule has 8 heavy (non-hydrogen) atoms. The number of hydrogen-bond acceptors (Lipinski definition) is 1. The summed E-state index contributed by atoms with van der Waals surface area (Å²) in [6, 6.07) is 2.73. The van der Waals surface area contributed by atoms with E-state index in [0.717, 1.165) is 13.1 Å². The van der Waals surface area contributed by atoms with Crippen LogP contribution in [0, 0.1) is 11.4 Å². The molecule has 0 bridgehead atoms. The molecular formula is C6H10ClN. The maximum atomic E-state index is 5.15. The molecule has 0 atom stereocenters. The fourth-order valence-electron chi connectivity index (χ4n) is 0.441. The van der Waals surface area contributed by atoms with Gasteiger partial charge in [-0.2, -0.15) is 0 Å². The normalized spacial score (nSPS) is 7.38. The van der Waals surface area contributed by atoms with E-state index in [-0.39, 0.29) is 0 Å². The Kier molecular flexibility index (Phi) is 4.59. The van der Waals surface area contributed by atoms with Gasteiger partial charge in [-0.05, 0) is 25.4 Å². The van der Waals surface area contributed by atoms with Crippen molar-refractivity contribution in [1.82, 2.24) is 4.90 Å². The zero-order valence-corrected chi connectivity index (χ0v) is 6.00. The van der Waals surface area contributed by atoms with Gasteiger partial charge in [-0.1, -0.05) is 0 Å². The van der Waals surface area contributed by atoms with Crippen molar-refractivity contribution in [3.05, 3.63) is 0 Å². The van der Waals surface area contributed by atoms with Gasteiger partial charge in [0.25, 0.3) is 0 Å². The lowest BCUT2D eigenvalue weighted by Crippen LogP contribution is -2.15. The largest absolute Gasteiger partial charge is 0.332 e. The van der Waals surface area contributed by atoms with Crippen LogP contribution in [0.5, 0.6) is 0 Å². The summed E-state index contributed by atoms with van der Waals surface area (Å²) < 4.78 is 0. The maximum Gasteiger partial charge on any atom is 0.0273 e. The first-order valence-electron chi connectivity index (χ1n) is 2.71. The van der Waals surface area contributed by atoms with Gasteiger partial charge in [-0.25, -0.2) is 0 Å². The van der Waals surface area contributed by atoms with E-state index in [4.69, 9.17) is 11.6 Å². The highest BCUT2D eigenvalue weighted by molar-refractivity contribution is 6.30. The van der Waals surface area contributed by atoms with Crippen LogP contribution in [0.15, 0.2) is 0 Å². The maximum absolute atomic E-state index is 5.15. The molecule has 46 valence electrons. The van der Waals surface area contributed by atoms with E-state index in [0.29, 0.717) is 0 Å². The summed E-state index contributed by atoms with van der Waals surface area (Å²) >= 11 is 5.15. The lowest BCUT2D eigenvalue weighted by molar-refractivity contribution is 0.444. The molecule has 0 aromatic rings. The molecule has 0 spiro atoms. The molecule has 0 amide bonds. The summed E-state index contributed by atoms with van der Waals surface area (Å²) in [6.45, 7) is 5.97. The Bertz CT molecular complexity index is 96.8. The first-order valence-corrected chi connectivity index (χ1v) is 3.09. The minimum atomic E-state index is 0.941. The summed E-state index contributed by atoms with van der Waals surface area (Å²) in [7, 11) is 0. The molecule has 0 aliphatic rings. The Morgan fingerprint density at radius 1 is 1.38 bits per heavy atom. The summed E-state index contributed by atoms with van der Waals surface area (Å²) in [5, 5.41) is 2.32. The lowest BCUT2D eigenvalue weighted by atomic mass is 10.6. The standard InChI is InChI=1S/C6H10ClN/c1-3-8(4-2)6-5-7/h3-4H2,1-2H3. The third-order valence-electron chi connectivity index (χ3n) is 0.964. The molecule has 0 heterocycles. The van der Waals surface area contributed by atoms with Crippen molar-refractivity contribution in [2.24, 2.45) is 0 Å². The van der Waals surface area contributed by atoms with Crippen molar-refractivity contribution in [2.45, 2.75) is 13.8 Å². The van der Waals surface area contributed by atoms with Gasteiger partial charge in [-0.3, -0.25) is 0 Å². The van der Waals surface area contributed by atoms with E-state index in [1.807, 2.05) is 18.7 Å². The molecule has 2 heteroatoms. The van der Waals surface area contributed by atoms with Gasteiger partial charge >= 0.3 is 0 Å². The quantitative estimate of drug-likeness (QED) is 0.406. The van der Waals surface area contributed by atoms with Crippen molar-refractivity contribution in [3.8, 4) is 11.4 Å². The number of hydrogen-bond donors (Lipinski definition) is 0. The zero-order valence-electron chi connectivity index (χ0n) is 5.24. The molecule has 0 rings (SSSR count). The van der Waals surface area contributed by atoms with Gasteiger partial charge in [0, 0.05) is 24.5 Å². The average molecular weight is 132 g/mol. The Balaban J connectivity index is 3.47. The molecule has 0 aliphatic heterocycles. The van der Waals surface area contributed by atoms with Crippen LogP contribution in [0.1, 0.15) is 13.8 Å². The number of nitrogens with zero attached hydrogens (tertiary/aromatic N) is 1. The van der Waals surface area contributed by atoms with Crippen molar-refractivity contribution in [1.29, 1.82) is 0 Å². The summed E-state index contributed by atoms with van der Waals surface area (Å²) in [5.74, 6) is 0. The minimum absolute atomic E-state index is 0.941. The molecular weight excluding hydrogens is 122 g/mol. The second-order valence-corrected chi connectivity index (χ2v) is 1.57. The monoisotopic (exact) mass is 131 g/mol. The molecule has 0 radical (unpaired) electrons. The van der Waals surface area contributed by atoms with Crippen LogP contribution in [0.2, 0.25) is 0 Å². The second-order valence-electron chi connectivity index (χ2n) is 1.38. The van der Waals surface area contributed by atoms with Crippen LogP contribution in [-0.4, -0.2) is 18.0 Å². The first-order chi connectivity index (χ1) is 3.85. The minimum Gasteiger partial charge on any atom is -0.332 e. The molecule has 0 saturated heterocycles. The molecule has 0 saturated carbocycles. The van der Waals surface area contributed by atoms with Crippen LogP contribution in [0.4, 0.5) is 0 Å². The second kappa shape index (κ2) is 4.80. The van der Waals surface area contributed by atoms with E-state index < -0.39 is 0 Å². The predicted octanol–water partition coefficient (Wildman–Crippen LogP) is 1.49. The van der Waals surface area contributed by atoms with E-state index in [2.05, 4.69) is 11.4 Å². The van der Waals surface area contributed by atoms with E-state index in [1.165, 1.54) is 0 Å². The average Bonchev–Trinajstić information content (AvgIpc) is 1.83. The van der Waals surface area contributed by atoms with E-state index >= 15 is 0 Å². The van der Waals surface area contributed by atoms with Crippen LogP contribution in [0.25, 0.3) is 0 Å². The van der Waals surface area contributed by atoms with Gasteiger partial charge < -0.3 is 4.90 Å². The zero-order chi connectivity index (χ0) is 6.41. The van der Waals surface area contributed by atoms with Crippen molar-refractivity contribution >= 4 is 11.6 Å². The highest BCUT2D eigenvalue weighted by Crippen LogP contribution is 1.81. The predicted molar refractivity (Wildman–Crippen MR) is 36.6 cm³/mol. The summed E-state index contributed by atoms with van der Waals surface area (Å²) in [4.78, 5) is 1.94. The van der Waals surface area contributed by atoms with Crippen molar-refractivity contribution in [3.63, 3.8) is 0 Å². The van der Waals surface area contributed by atoms with Crippen LogP contribution in [-0.2, 0) is 0 Å². The Hall–Kier alpha value is -0.350. The van der Waals surface area contributed by atoms with Crippen molar-refractivity contribution in [2.75, 3.05) is 13.1 Å². The molecule has 0 N–H and O–H groups in total. The van der Waals surface area contributed by atoms with Gasteiger partial charge in [-0.15, -0.1) is 0 Å². The lowest BCUT2D eigenvalue weighted by Gasteiger charge is -2.09. The van der Waals surface area contributed by atoms with Gasteiger partial charge in [0.1, 0.15) is 0 Å². The topological polar surface area (TPSA) is 3.24 Å². The van der Waals surface area contributed by atoms with Crippen LogP contribution >= 0.6 is 11.6 Å². The molecule has 1 nitrogen and oxygen atoms in total. The van der Waals surface area contributed by atoms with E-state index in [9.17, 15) is 0 Å². The smallest absolute Gasteiger partial charge is 0.0273 e.